The van der Waals surface area contributed by atoms with Gasteiger partial charge in [-0.25, -0.2) is 18.4 Å². The molecule has 0 unspecified atom stereocenters. The van der Waals surface area contributed by atoms with Gasteiger partial charge in [0.2, 0.25) is 21.8 Å². The van der Waals surface area contributed by atoms with E-state index in [1.54, 1.807) is 14.0 Å². The van der Waals surface area contributed by atoms with Crippen LogP contribution in [0.3, 0.4) is 0 Å². The zero-order valence-electron chi connectivity index (χ0n) is 28.9. The van der Waals surface area contributed by atoms with Crippen molar-refractivity contribution in [3.05, 3.63) is 47.5 Å². The van der Waals surface area contributed by atoms with Crippen molar-refractivity contribution in [3.63, 3.8) is 0 Å². The molecule has 3 aromatic rings. The van der Waals surface area contributed by atoms with Crippen molar-refractivity contribution in [2.45, 2.75) is 101 Å². The van der Waals surface area contributed by atoms with Crippen LogP contribution < -0.4 is 24.8 Å². The first kappa shape index (κ1) is 35.8. The van der Waals surface area contributed by atoms with E-state index in [9.17, 15) is 22.8 Å². The number of nitrogens with one attached hydrogen (secondary N) is 3. The third kappa shape index (κ3) is 7.65. The molecule has 3 heterocycles. The van der Waals surface area contributed by atoms with Gasteiger partial charge in [0.15, 0.2) is 0 Å². The van der Waals surface area contributed by atoms with Crippen LogP contribution in [0.25, 0.3) is 21.6 Å². The number of rotatable bonds is 10. The first-order valence-corrected chi connectivity index (χ1v) is 19.6. The number of benzene rings is 1. The molecule has 3 N–H and O–H groups in total. The molecule has 3 atom stereocenters. The Morgan fingerprint density at radius 2 is 1.94 bits per heavy atom. The molecule has 50 heavy (non-hydrogen) atoms. The minimum atomic E-state index is -3.92. The second kappa shape index (κ2) is 14.3. The molecule has 2 aliphatic carbocycles. The molecule has 6 rings (SSSR count). The van der Waals surface area contributed by atoms with Gasteiger partial charge in [-0.05, 0) is 63.5 Å². The average molecular weight is 724 g/mol. The van der Waals surface area contributed by atoms with Crippen LogP contribution in [0.15, 0.2) is 41.8 Å². The summed E-state index contributed by atoms with van der Waals surface area (Å²) < 4.78 is 39.0. The minimum Gasteiger partial charge on any atom is -0.497 e. The van der Waals surface area contributed by atoms with E-state index in [1.165, 1.54) is 11.3 Å². The van der Waals surface area contributed by atoms with Crippen molar-refractivity contribution < 1.29 is 32.3 Å². The monoisotopic (exact) mass is 723 g/mol. The van der Waals surface area contributed by atoms with E-state index in [2.05, 4.69) is 29.2 Å². The van der Waals surface area contributed by atoms with E-state index in [4.69, 9.17) is 19.4 Å². The Morgan fingerprint density at radius 1 is 1.14 bits per heavy atom. The Balaban J connectivity index is 1.24. The Hall–Kier alpha value is -4.04. The van der Waals surface area contributed by atoms with Crippen LogP contribution >= 0.6 is 11.3 Å². The fraction of sp³-hybridized carbons (Fsp3) is 0.528. The van der Waals surface area contributed by atoms with Gasteiger partial charge >= 0.3 is 0 Å². The number of nitrogens with zero attached hydrogens (tertiary/aromatic N) is 2. The third-order valence-electron chi connectivity index (χ3n) is 9.87. The fourth-order valence-corrected chi connectivity index (χ4v) is 8.33. The van der Waals surface area contributed by atoms with E-state index in [0.717, 1.165) is 35.4 Å². The molecular formula is C36H45N5O7S2. The number of allylic oxidation sites excluding steroid dienone is 1. The summed E-state index contributed by atoms with van der Waals surface area (Å²) in [6, 6.07) is 6.29. The van der Waals surface area contributed by atoms with Crippen LogP contribution in [-0.2, 0) is 24.4 Å². The number of methoxy groups -OCH3 is 1. The molecule has 3 amide bonds. The van der Waals surface area contributed by atoms with Gasteiger partial charge in [0.25, 0.3) is 5.91 Å². The predicted molar refractivity (Wildman–Crippen MR) is 191 cm³/mol. The molecule has 0 saturated heterocycles. The Kier molecular flexibility index (Phi) is 10.2. The number of ether oxygens (including phenoxy) is 2. The first-order valence-electron chi connectivity index (χ1n) is 17.3. The minimum absolute atomic E-state index is 0.0489. The van der Waals surface area contributed by atoms with Gasteiger partial charge in [-0.1, -0.05) is 32.4 Å². The highest BCUT2D eigenvalue weighted by Gasteiger charge is 2.62. The zero-order valence-corrected chi connectivity index (χ0v) is 30.5. The highest BCUT2D eigenvalue weighted by Crippen LogP contribution is 2.47. The van der Waals surface area contributed by atoms with Gasteiger partial charge in [0, 0.05) is 41.7 Å². The first-order chi connectivity index (χ1) is 23.8. The summed E-state index contributed by atoms with van der Waals surface area (Å²) in [7, 11) is -2.34. The average Bonchev–Trinajstić information content (AvgIpc) is 3.94. The molecule has 1 aliphatic heterocycles. The number of aromatic nitrogens is 2. The molecule has 2 aromatic heterocycles. The molecule has 14 heteroatoms. The van der Waals surface area contributed by atoms with E-state index < -0.39 is 38.2 Å². The van der Waals surface area contributed by atoms with Gasteiger partial charge in [0.1, 0.15) is 33.8 Å². The number of pyridine rings is 1. The van der Waals surface area contributed by atoms with Crippen molar-refractivity contribution >= 4 is 50.0 Å². The second-order valence-corrected chi connectivity index (χ2v) is 17.1. The maximum atomic E-state index is 13.9. The maximum Gasteiger partial charge on any atom is 0.259 e. The van der Waals surface area contributed by atoms with Crippen LogP contribution in [0.2, 0.25) is 0 Å². The van der Waals surface area contributed by atoms with Crippen molar-refractivity contribution in [2.24, 2.45) is 5.92 Å². The maximum absolute atomic E-state index is 13.9. The van der Waals surface area contributed by atoms with E-state index in [-0.39, 0.29) is 43.6 Å². The summed E-state index contributed by atoms with van der Waals surface area (Å²) in [5.41, 5.74) is 0.822. The van der Waals surface area contributed by atoms with Crippen LogP contribution in [0.1, 0.15) is 90.2 Å². The highest BCUT2D eigenvalue weighted by atomic mass is 32.2. The Labute approximate surface area is 296 Å². The zero-order chi connectivity index (χ0) is 35.7. The molecule has 268 valence electrons. The lowest BCUT2D eigenvalue weighted by atomic mass is 10.1. The number of thiazole rings is 1. The number of carbonyl (C=O) groups is 3. The summed E-state index contributed by atoms with van der Waals surface area (Å²) in [4.78, 5) is 50.1. The normalized spacial score (nSPS) is 24.3. The second-order valence-electron chi connectivity index (χ2n) is 14.1. The number of amides is 3. The van der Waals surface area contributed by atoms with Gasteiger partial charge in [-0.15, -0.1) is 11.3 Å². The molecule has 3 aliphatic rings. The van der Waals surface area contributed by atoms with Crippen LogP contribution in [-0.4, -0.2) is 66.2 Å². The van der Waals surface area contributed by atoms with Crippen LogP contribution in [0, 0.1) is 5.92 Å². The number of hydrogen-bond donors (Lipinski definition) is 3. The summed E-state index contributed by atoms with van der Waals surface area (Å²) in [5, 5.41) is 9.20. The number of carbonyl (C=O) groups excluding carboxylic acids is 3. The largest absolute Gasteiger partial charge is 0.497 e. The number of hydrogen-bond acceptors (Lipinski definition) is 10. The SMILES string of the molecule is COc1ccc2c(OCC[C@@H]3NC(=O)CCCCC/C=C\[C@@H]4C[C@@]4(C(=O)NS(=O)(=O)C4(C)CC4)NC3=O)cc(-c3nc(C(C)C)cs3)nc2c1. The summed E-state index contributed by atoms with van der Waals surface area (Å²) >= 11 is 1.50. The Morgan fingerprint density at radius 3 is 2.66 bits per heavy atom. The van der Waals surface area contributed by atoms with Crippen molar-refractivity contribution in [1.29, 1.82) is 0 Å². The molecule has 0 spiro atoms. The summed E-state index contributed by atoms with van der Waals surface area (Å²) in [6.45, 7) is 5.81. The predicted octanol–water partition coefficient (Wildman–Crippen LogP) is 5.14. The highest BCUT2D eigenvalue weighted by molar-refractivity contribution is 7.91. The van der Waals surface area contributed by atoms with Crippen LogP contribution in [0.5, 0.6) is 11.5 Å². The van der Waals surface area contributed by atoms with E-state index in [1.807, 2.05) is 41.8 Å². The van der Waals surface area contributed by atoms with Crippen LogP contribution in [0.4, 0.5) is 0 Å². The van der Waals surface area contributed by atoms with E-state index in [0.29, 0.717) is 42.0 Å². The van der Waals surface area contributed by atoms with Crippen molar-refractivity contribution in [2.75, 3.05) is 13.7 Å². The van der Waals surface area contributed by atoms with Gasteiger partial charge in [-0.2, -0.15) is 0 Å². The smallest absolute Gasteiger partial charge is 0.259 e. The van der Waals surface area contributed by atoms with Gasteiger partial charge < -0.3 is 20.1 Å². The summed E-state index contributed by atoms with van der Waals surface area (Å²) in [6.07, 6.45) is 8.57. The molecule has 12 nitrogen and oxygen atoms in total. The quantitative estimate of drug-likeness (QED) is 0.240. The topological polar surface area (TPSA) is 166 Å². The lowest BCUT2D eigenvalue weighted by molar-refractivity contribution is -0.132. The van der Waals surface area contributed by atoms with Crippen molar-refractivity contribution in [1.82, 2.24) is 25.3 Å². The molecule has 0 bridgehead atoms. The summed E-state index contributed by atoms with van der Waals surface area (Å²) in [5.74, 6) is -0.546. The Bertz CT molecular complexity index is 1920. The molecule has 0 radical (unpaired) electrons. The number of sulfonamides is 1. The van der Waals surface area contributed by atoms with E-state index >= 15 is 0 Å². The van der Waals surface area contributed by atoms with Crippen molar-refractivity contribution in [3.8, 4) is 22.2 Å². The molecule has 2 fully saturated rings. The lowest BCUT2D eigenvalue weighted by Crippen LogP contribution is -2.57. The molecule has 2 saturated carbocycles. The van der Waals surface area contributed by atoms with Gasteiger partial charge in [-0.3, -0.25) is 19.1 Å². The standard InChI is InChI=1S/C36H45N5O7S2/c1-22(2)29-21-49-33(39-29)28-19-30(25-13-12-24(47-4)18-27(25)37-28)48-17-14-26-32(43)40-36(34(44)41-50(45,46)35(3)15-16-35)20-23(36)10-8-6-5-7-9-11-31(42)38-26/h8,10,12-13,18-19,21-23,26H,5-7,9,11,14-17,20H2,1-4H3,(H,38,42)(H,40,43)(H,41,44)/b10-8-/t23-,26+,36-/m1/s1. The fourth-order valence-electron chi connectivity index (χ4n) is 6.08. The van der Waals surface area contributed by atoms with Gasteiger partial charge in [0.05, 0.1) is 29.7 Å². The molecule has 1 aromatic carbocycles. The molecular weight excluding hydrogens is 679 g/mol. The third-order valence-corrected chi connectivity index (χ3v) is 12.9. The lowest BCUT2D eigenvalue weighted by Gasteiger charge is -2.24. The number of fused-ring (bicyclic) bond motifs is 2.